The van der Waals surface area contributed by atoms with E-state index in [0.29, 0.717) is 6.07 Å². The number of fused-ring (bicyclic) bond motifs is 1. The van der Waals surface area contributed by atoms with Gasteiger partial charge in [-0.3, -0.25) is 4.79 Å². The highest BCUT2D eigenvalue weighted by Crippen LogP contribution is 2.20. The van der Waals surface area contributed by atoms with Gasteiger partial charge in [-0.05, 0) is 12.1 Å². The Labute approximate surface area is 86.7 Å². The van der Waals surface area contributed by atoms with E-state index < -0.39 is 28.5 Å². The predicted molar refractivity (Wildman–Crippen MR) is 49.2 cm³/mol. The number of aromatic amines is 1. The van der Waals surface area contributed by atoms with E-state index in [2.05, 4.69) is 0 Å². The fourth-order valence-electron chi connectivity index (χ4n) is 1.34. The van der Waals surface area contributed by atoms with Crippen molar-refractivity contribution in [1.82, 2.24) is 4.98 Å². The summed E-state index contributed by atoms with van der Waals surface area (Å²) in [4.78, 5) is 13.1. The van der Waals surface area contributed by atoms with Crippen LogP contribution in [0.1, 0.15) is 5.56 Å². The third kappa shape index (κ3) is 1.34. The zero-order chi connectivity index (χ0) is 11.9. The first-order valence-corrected chi connectivity index (χ1v) is 4.15. The third-order valence-corrected chi connectivity index (χ3v) is 2.10. The van der Waals surface area contributed by atoms with Crippen molar-refractivity contribution in [3.63, 3.8) is 0 Å². The van der Waals surface area contributed by atoms with Crippen LogP contribution in [0, 0.1) is 28.8 Å². The van der Waals surface area contributed by atoms with Crippen molar-refractivity contribution in [2.75, 3.05) is 0 Å². The fourth-order valence-corrected chi connectivity index (χ4v) is 1.34. The maximum absolute atomic E-state index is 13.2. The molecule has 0 fully saturated rings. The van der Waals surface area contributed by atoms with E-state index in [4.69, 9.17) is 5.26 Å². The van der Waals surface area contributed by atoms with Gasteiger partial charge in [0.1, 0.15) is 11.6 Å². The van der Waals surface area contributed by atoms with Crippen LogP contribution in [-0.4, -0.2) is 4.98 Å². The zero-order valence-corrected chi connectivity index (χ0v) is 7.64. The highest BCUT2D eigenvalue weighted by molar-refractivity contribution is 5.80. The first-order valence-electron chi connectivity index (χ1n) is 4.15. The Morgan fingerprint density at radius 2 is 1.88 bits per heavy atom. The lowest BCUT2D eigenvalue weighted by Crippen LogP contribution is -2.11. The predicted octanol–water partition coefficient (Wildman–Crippen LogP) is 1.82. The molecule has 0 unspecified atom stereocenters. The van der Waals surface area contributed by atoms with E-state index in [0.717, 1.165) is 6.07 Å². The summed E-state index contributed by atoms with van der Waals surface area (Å²) >= 11 is 0. The molecule has 0 saturated carbocycles. The van der Waals surface area contributed by atoms with Gasteiger partial charge in [0.05, 0.1) is 5.52 Å². The summed E-state index contributed by atoms with van der Waals surface area (Å²) in [5.41, 5.74) is -1.60. The molecule has 2 aromatic rings. The molecule has 1 heterocycles. The summed E-state index contributed by atoms with van der Waals surface area (Å²) in [6, 6.07) is 3.27. The van der Waals surface area contributed by atoms with Gasteiger partial charge < -0.3 is 4.98 Å². The van der Waals surface area contributed by atoms with Gasteiger partial charge in [0.25, 0.3) is 5.56 Å². The molecule has 0 bridgehead atoms. The van der Waals surface area contributed by atoms with Gasteiger partial charge in [0.15, 0.2) is 17.5 Å². The Kier molecular flexibility index (Phi) is 2.16. The molecule has 1 aromatic carbocycles. The zero-order valence-electron chi connectivity index (χ0n) is 7.64. The van der Waals surface area contributed by atoms with Gasteiger partial charge in [0.2, 0.25) is 0 Å². The number of benzene rings is 1. The fraction of sp³-hybridized carbons (Fsp3) is 0. The minimum Gasteiger partial charge on any atom is -0.318 e. The van der Waals surface area contributed by atoms with E-state index in [9.17, 15) is 18.0 Å². The van der Waals surface area contributed by atoms with Crippen molar-refractivity contribution < 1.29 is 13.2 Å². The molecular formula is C10H3F3N2O. The van der Waals surface area contributed by atoms with Crippen molar-refractivity contribution in [3.8, 4) is 6.07 Å². The smallest absolute Gasteiger partial charge is 0.266 e. The van der Waals surface area contributed by atoms with Gasteiger partial charge in [-0.2, -0.15) is 5.26 Å². The second-order valence-corrected chi connectivity index (χ2v) is 3.07. The van der Waals surface area contributed by atoms with E-state index in [1.165, 1.54) is 0 Å². The van der Waals surface area contributed by atoms with Gasteiger partial charge >= 0.3 is 0 Å². The molecule has 2 rings (SSSR count). The Morgan fingerprint density at radius 1 is 1.19 bits per heavy atom. The Morgan fingerprint density at radius 3 is 2.50 bits per heavy atom. The number of hydrogen-bond acceptors (Lipinski definition) is 2. The molecule has 0 aliphatic rings. The van der Waals surface area contributed by atoms with Crippen LogP contribution in [0.25, 0.3) is 10.9 Å². The minimum atomic E-state index is -1.66. The van der Waals surface area contributed by atoms with E-state index in [1.54, 1.807) is 6.07 Å². The molecule has 1 N–H and O–H groups in total. The second-order valence-electron chi connectivity index (χ2n) is 3.07. The lowest BCUT2D eigenvalue weighted by molar-refractivity contribution is 0.452. The molecule has 0 atom stereocenters. The Hall–Kier alpha value is -2.29. The molecule has 1 aromatic heterocycles. The molecule has 16 heavy (non-hydrogen) atoms. The molecule has 0 saturated heterocycles. The third-order valence-electron chi connectivity index (χ3n) is 2.10. The van der Waals surface area contributed by atoms with Crippen molar-refractivity contribution >= 4 is 10.9 Å². The number of nitriles is 1. The van der Waals surface area contributed by atoms with Crippen LogP contribution in [0.3, 0.4) is 0 Å². The normalized spacial score (nSPS) is 10.4. The average Bonchev–Trinajstić information content (AvgIpc) is 2.27. The number of nitrogens with one attached hydrogen (secondary N) is 1. The number of nitrogens with zero attached hydrogens (tertiary/aromatic N) is 1. The van der Waals surface area contributed by atoms with Crippen molar-refractivity contribution in [2.45, 2.75) is 0 Å². The molecule has 6 heteroatoms. The van der Waals surface area contributed by atoms with Crippen LogP contribution in [0.4, 0.5) is 13.2 Å². The van der Waals surface area contributed by atoms with Crippen LogP contribution in [0.15, 0.2) is 16.9 Å². The van der Waals surface area contributed by atoms with Crippen LogP contribution >= 0.6 is 0 Å². The molecule has 3 nitrogen and oxygen atoms in total. The SMILES string of the molecule is N#Cc1cc2cc(F)c(F)c(F)c2[nH]c1=O. The molecule has 80 valence electrons. The van der Waals surface area contributed by atoms with Crippen molar-refractivity contribution in [3.05, 3.63) is 45.5 Å². The number of pyridine rings is 1. The van der Waals surface area contributed by atoms with E-state index in [-0.39, 0.29) is 10.9 Å². The van der Waals surface area contributed by atoms with Crippen molar-refractivity contribution in [1.29, 1.82) is 5.26 Å². The van der Waals surface area contributed by atoms with E-state index in [1.807, 2.05) is 4.98 Å². The maximum Gasteiger partial charge on any atom is 0.266 e. The first kappa shape index (κ1) is 10.2. The number of aromatic nitrogens is 1. The van der Waals surface area contributed by atoms with Gasteiger partial charge in [-0.25, -0.2) is 13.2 Å². The molecule has 0 aliphatic carbocycles. The van der Waals surface area contributed by atoms with Gasteiger partial charge in [-0.1, -0.05) is 0 Å². The number of H-pyrrole nitrogens is 1. The highest BCUT2D eigenvalue weighted by Gasteiger charge is 2.15. The number of rotatable bonds is 0. The standard InChI is InChI=1S/C10H3F3N2O/c11-6-2-4-1-5(3-14)10(16)15-9(4)8(13)7(6)12/h1-2H,(H,15,16). The molecule has 0 aliphatic heterocycles. The van der Waals surface area contributed by atoms with Crippen molar-refractivity contribution in [2.24, 2.45) is 0 Å². The number of hydrogen-bond donors (Lipinski definition) is 1. The molecule has 0 radical (unpaired) electrons. The summed E-state index contributed by atoms with van der Waals surface area (Å²) in [6.45, 7) is 0. The summed E-state index contributed by atoms with van der Waals surface area (Å²) in [5.74, 6) is -4.51. The average molecular weight is 224 g/mol. The first-order chi connectivity index (χ1) is 7.54. The Balaban J connectivity index is 2.99. The number of halogens is 3. The summed E-state index contributed by atoms with van der Waals surface area (Å²) in [7, 11) is 0. The van der Waals surface area contributed by atoms with Crippen LogP contribution < -0.4 is 5.56 Å². The maximum atomic E-state index is 13.2. The summed E-state index contributed by atoms with van der Waals surface area (Å²) < 4.78 is 38.9. The topological polar surface area (TPSA) is 56.6 Å². The van der Waals surface area contributed by atoms with Gasteiger partial charge in [-0.15, -0.1) is 0 Å². The molecule has 0 spiro atoms. The minimum absolute atomic E-state index is 0.0763. The summed E-state index contributed by atoms with van der Waals surface area (Å²) in [6.07, 6.45) is 0. The second kappa shape index (κ2) is 3.38. The van der Waals surface area contributed by atoms with Gasteiger partial charge in [0, 0.05) is 5.39 Å². The molecular weight excluding hydrogens is 221 g/mol. The monoisotopic (exact) mass is 224 g/mol. The quantitative estimate of drug-likeness (QED) is 0.694. The van der Waals surface area contributed by atoms with Crippen LogP contribution in [0.5, 0.6) is 0 Å². The lowest BCUT2D eigenvalue weighted by atomic mass is 10.1. The largest absolute Gasteiger partial charge is 0.318 e. The molecule has 0 amide bonds. The summed E-state index contributed by atoms with van der Waals surface area (Å²) in [5, 5.41) is 8.46. The lowest BCUT2D eigenvalue weighted by Gasteiger charge is -2.01. The van der Waals surface area contributed by atoms with Crippen LogP contribution in [0.2, 0.25) is 0 Å². The highest BCUT2D eigenvalue weighted by atomic mass is 19.2. The Bertz CT molecular complexity index is 685. The van der Waals surface area contributed by atoms with Crippen LogP contribution in [-0.2, 0) is 0 Å². The van der Waals surface area contributed by atoms with E-state index >= 15 is 0 Å².